The van der Waals surface area contributed by atoms with Crippen LogP contribution in [0, 0.1) is 6.92 Å². The quantitative estimate of drug-likeness (QED) is 0.757. The Balaban J connectivity index is 2.21. The SMILES string of the molecule is Cc1c(C(=O)N2CC(C)OC(C)(C)C2)cnn1C. The van der Waals surface area contributed by atoms with Crippen LogP contribution in [0.2, 0.25) is 0 Å². The number of amides is 1. The van der Waals surface area contributed by atoms with Crippen LogP contribution in [0.5, 0.6) is 0 Å². The summed E-state index contributed by atoms with van der Waals surface area (Å²) in [7, 11) is 1.85. The number of aromatic nitrogens is 2. The molecule has 0 saturated carbocycles. The summed E-state index contributed by atoms with van der Waals surface area (Å²) in [5.74, 6) is 0.0452. The number of ether oxygens (including phenoxy) is 1. The van der Waals surface area contributed by atoms with Gasteiger partial charge in [-0.05, 0) is 27.7 Å². The Hall–Kier alpha value is -1.36. The van der Waals surface area contributed by atoms with Crippen LogP contribution in [0.4, 0.5) is 0 Å². The largest absolute Gasteiger partial charge is 0.369 e. The van der Waals surface area contributed by atoms with Gasteiger partial charge in [0.15, 0.2) is 0 Å². The summed E-state index contributed by atoms with van der Waals surface area (Å²) in [5.41, 5.74) is 1.29. The van der Waals surface area contributed by atoms with Crippen molar-refractivity contribution in [2.24, 2.45) is 7.05 Å². The van der Waals surface area contributed by atoms with Crippen molar-refractivity contribution in [3.63, 3.8) is 0 Å². The van der Waals surface area contributed by atoms with Crippen molar-refractivity contribution in [3.05, 3.63) is 17.5 Å². The molecule has 1 unspecified atom stereocenters. The van der Waals surface area contributed by atoms with Crippen molar-refractivity contribution in [1.29, 1.82) is 0 Å². The number of aryl methyl sites for hydroxylation is 1. The highest BCUT2D eigenvalue weighted by Crippen LogP contribution is 2.22. The lowest BCUT2D eigenvalue weighted by molar-refractivity contribution is -0.118. The highest BCUT2D eigenvalue weighted by atomic mass is 16.5. The summed E-state index contributed by atoms with van der Waals surface area (Å²) >= 11 is 0. The molecule has 1 fully saturated rings. The Bertz CT molecular complexity index is 465. The number of rotatable bonds is 1. The van der Waals surface area contributed by atoms with Gasteiger partial charge >= 0.3 is 0 Å². The number of carbonyl (C=O) groups excluding carboxylic acids is 1. The lowest BCUT2D eigenvalue weighted by Crippen LogP contribution is -2.53. The van der Waals surface area contributed by atoms with Gasteiger partial charge in [-0.1, -0.05) is 0 Å². The molecule has 1 aliphatic heterocycles. The van der Waals surface area contributed by atoms with Crippen LogP contribution in [-0.2, 0) is 11.8 Å². The predicted molar refractivity (Wildman–Crippen MR) is 68.5 cm³/mol. The first kappa shape index (κ1) is 13.1. The van der Waals surface area contributed by atoms with Gasteiger partial charge in [0.25, 0.3) is 5.91 Å². The predicted octanol–water partition coefficient (Wildman–Crippen LogP) is 1.37. The van der Waals surface area contributed by atoms with Crippen LogP contribution in [0.3, 0.4) is 0 Å². The molecule has 0 aliphatic carbocycles. The van der Waals surface area contributed by atoms with Gasteiger partial charge in [-0.15, -0.1) is 0 Å². The molecule has 0 bridgehead atoms. The lowest BCUT2D eigenvalue weighted by Gasteiger charge is -2.41. The minimum absolute atomic E-state index is 0.0452. The molecular formula is C13H21N3O2. The molecule has 0 radical (unpaired) electrons. The van der Waals surface area contributed by atoms with E-state index in [1.54, 1.807) is 10.9 Å². The monoisotopic (exact) mass is 251 g/mol. The first-order valence-electron chi connectivity index (χ1n) is 6.26. The molecular weight excluding hydrogens is 230 g/mol. The minimum atomic E-state index is -0.288. The molecule has 0 spiro atoms. The van der Waals surface area contributed by atoms with Gasteiger partial charge in [-0.3, -0.25) is 9.48 Å². The van der Waals surface area contributed by atoms with Gasteiger partial charge in [0.05, 0.1) is 23.5 Å². The second-order valence-corrected chi connectivity index (χ2v) is 5.64. The summed E-state index contributed by atoms with van der Waals surface area (Å²) in [6, 6.07) is 0. The van der Waals surface area contributed by atoms with Crippen molar-refractivity contribution < 1.29 is 9.53 Å². The summed E-state index contributed by atoms with van der Waals surface area (Å²) in [5, 5.41) is 4.13. The van der Waals surface area contributed by atoms with Gasteiger partial charge in [0, 0.05) is 25.8 Å². The van der Waals surface area contributed by atoms with E-state index in [0.717, 1.165) is 5.69 Å². The molecule has 2 heterocycles. The third-order valence-electron chi connectivity index (χ3n) is 3.32. The normalized spacial score (nSPS) is 23.2. The van der Waals surface area contributed by atoms with E-state index >= 15 is 0 Å². The van der Waals surface area contributed by atoms with Crippen LogP contribution in [0.1, 0.15) is 36.8 Å². The van der Waals surface area contributed by atoms with Gasteiger partial charge < -0.3 is 9.64 Å². The third-order valence-corrected chi connectivity index (χ3v) is 3.32. The molecule has 100 valence electrons. The van der Waals surface area contributed by atoms with Gasteiger partial charge in [0.2, 0.25) is 0 Å². The standard InChI is InChI=1S/C13H21N3O2/c1-9-7-16(8-13(3,4)18-9)12(17)11-6-14-15(5)10(11)2/h6,9H,7-8H2,1-5H3. The van der Waals surface area contributed by atoms with E-state index in [4.69, 9.17) is 4.74 Å². The van der Waals surface area contributed by atoms with Crippen molar-refractivity contribution >= 4 is 5.91 Å². The Morgan fingerprint density at radius 1 is 1.56 bits per heavy atom. The van der Waals surface area contributed by atoms with Crippen LogP contribution < -0.4 is 0 Å². The molecule has 1 amide bonds. The third kappa shape index (κ3) is 2.41. The second-order valence-electron chi connectivity index (χ2n) is 5.64. The fourth-order valence-corrected chi connectivity index (χ4v) is 2.49. The maximum absolute atomic E-state index is 12.5. The van der Waals surface area contributed by atoms with Crippen molar-refractivity contribution in [1.82, 2.24) is 14.7 Å². The van der Waals surface area contributed by atoms with Crippen LogP contribution in [0.15, 0.2) is 6.20 Å². The summed E-state index contributed by atoms with van der Waals surface area (Å²) < 4.78 is 7.54. The van der Waals surface area contributed by atoms with E-state index in [1.165, 1.54) is 0 Å². The molecule has 2 rings (SSSR count). The zero-order chi connectivity index (χ0) is 13.5. The average Bonchev–Trinajstić information content (AvgIpc) is 2.56. The number of morpholine rings is 1. The summed E-state index contributed by atoms with van der Waals surface area (Å²) in [4.78, 5) is 14.3. The smallest absolute Gasteiger partial charge is 0.257 e. The van der Waals surface area contributed by atoms with Gasteiger partial charge in [-0.25, -0.2) is 0 Å². The number of hydrogen-bond donors (Lipinski definition) is 0. The van der Waals surface area contributed by atoms with E-state index < -0.39 is 0 Å². The van der Waals surface area contributed by atoms with E-state index in [1.807, 2.05) is 39.6 Å². The fraction of sp³-hybridized carbons (Fsp3) is 0.692. The van der Waals surface area contributed by atoms with Crippen molar-refractivity contribution in [3.8, 4) is 0 Å². The van der Waals surface area contributed by atoms with E-state index in [9.17, 15) is 4.79 Å². The Morgan fingerprint density at radius 2 is 2.22 bits per heavy atom. The molecule has 1 aromatic rings. The van der Waals surface area contributed by atoms with E-state index in [0.29, 0.717) is 18.7 Å². The molecule has 1 aliphatic rings. The molecule has 0 N–H and O–H groups in total. The molecule has 1 aromatic heterocycles. The summed E-state index contributed by atoms with van der Waals surface area (Å²) in [6.45, 7) is 9.19. The Kier molecular flexibility index (Phi) is 3.19. The maximum Gasteiger partial charge on any atom is 0.257 e. The van der Waals surface area contributed by atoms with Crippen molar-refractivity contribution in [2.75, 3.05) is 13.1 Å². The fourth-order valence-electron chi connectivity index (χ4n) is 2.49. The second kappa shape index (κ2) is 4.39. The lowest BCUT2D eigenvalue weighted by atomic mass is 10.0. The highest BCUT2D eigenvalue weighted by Gasteiger charge is 2.34. The molecule has 5 nitrogen and oxygen atoms in total. The first-order chi connectivity index (χ1) is 8.30. The topological polar surface area (TPSA) is 47.4 Å². The molecule has 5 heteroatoms. The Labute approximate surface area is 108 Å². The van der Waals surface area contributed by atoms with Gasteiger partial charge in [0.1, 0.15) is 0 Å². The zero-order valence-corrected chi connectivity index (χ0v) is 11.7. The van der Waals surface area contributed by atoms with Crippen LogP contribution >= 0.6 is 0 Å². The number of nitrogens with zero attached hydrogens (tertiary/aromatic N) is 3. The Morgan fingerprint density at radius 3 is 2.72 bits per heavy atom. The average molecular weight is 251 g/mol. The minimum Gasteiger partial charge on any atom is -0.369 e. The maximum atomic E-state index is 12.5. The van der Waals surface area contributed by atoms with Crippen LogP contribution in [-0.4, -0.2) is 45.4 Å². The summed E-state index contributed by atoms with van der Waals surface area (Å²) in [6.07, 6.45) is 1.71. The van der Waals surface area contributed by atoms with Crippen LogP contribution in [0.25, 0.3) is 0 Å². The molecule has 1 atom stereocenters. The first-order valence-corrected chi connectivity index (χ1v) is 6.26. The van der Waals surface area contributed by atoms with E-state index in [2.05, 4.69) is 5.10 Å². The molecule has 1 saturated heterocycles. The van der Waals surface area contributed by atoms with Gasteiger partial charge in [-0.2, -0.15) is 5.10 Å². The highest BCUT2D eigenvalue weighted by molar-refractivity contribution is 5.95. The number of hydrogen-bond acceptors (Lipinski definition) is 3. The molecule has 0 aromatic carbocycles. The number of carbonyl (C=O) groups is 1. The zero-order valence-electron chi connectivity index (χ0n) is 11.7. The molecule has 18 heavy (non-hydrogen) atoms. The van der Waals surface area contributed by atoms with Crippen molar-refractivity contribution in [2.45, 2.75) is 39.4 Å². The van der Waals surface area contributed by atoms with E-state index in [-0.39, 0.29) is 17.6 Å².